The summed E-state index contributed by atoms with van der Waals surface area (Å²) in [7, 11) is -1.98. The van der Waals surface area contributed by atoms with Crippen molar-refractivity contribution in [2.45, 2.75) is 11.3 Å². The number of nitro groups is 1. The lowest BCUT2D eigenvalue weighted by Gasteiger charge is -2.16. The maximum atomic E-state index is 12.5. The third kappa shape index (κ3) is 3.70. The zero-order valence-electron chi connectivity index (χ0n) is 11.6. The van der Waals surface area contributed by atoms with Gasteiger partial charge in [0.2, 0.25) is 10.0 Å². The monoisotopic (exact) mass is 335 g/mol. The van der Waals surface area contributed by atoms with E-state index in [9.17, 15) is 18.5 Å². The number of hydrogen-bond acceptors (Lipinski definition) is 5. The average molecular weight is 336 g/mol. The number of rotatable bonds is 5. The maximum absolute atomic E-state index is 12.5. The molecule has 0 radical (unpaired) electrons. The van der Waals surface area contributed by atoms with Crippen molar-refractivity contribution >= 4 is 28.1 Å². The number of nitrogens with one attached hydrogen (secondary N) is 1. The van der Waals surface area contributed by atoms with E-state index in [2.05, 4.69) is 5.32 Å². The Morgan fingerprint density at radius 2 is 2.10 bits per heavy atom. The predicted molar refractivity (Wildman–Crippen MR) is 81.1 cm³/mol. The molecule has 2 rings (SSSR count). The van der Waals surface area contributed by atoms with E-state index in [4.69, 9.17) is 0 Å². The molecule has 118 valence electrons. The zero-order valence-corrected chi connectivity index (χ0v) is 13.2. The fourth-order valence-electron chi connectivity index (χ4n) is 2.44. The molecule has 0 aromatic heterocycles. The highest BCUT2D eigenvalue weighted by Gasteiger charge is 2.35. The van der Waals surface area contributed by atoms with Crippen molar-refractivity contribution in [3.63, 3.8) is 0 Å². The van der Waals surface area contributed by atoms with Crippen LogP contribution in [0.1, 0.15) is 6.42 Å². The molecular weight excluding hydrogens is 318 g/mol. The lowest BCUT2D eigenvalue weighted by molar-refractivity contribution is -0.387. The Morgan fingerprint density at radius 3 is 2.71 bits per heavy atom. The van der Waals surface area contributed by atoms with Crippen LogP contribution in [0.4, 0.5) is 5.69 Å². The van der Waals surface area contributed by atoms with E-state index in [0.717, 1.165) is 13.0 Å². The lowest BCUT2D eigenvalue weighted by Crippen LogP contribution is -2.30. The molecule has 7 nitrogen and oxygen atoms in total. The molecule has 1 aromatic rings. The third-order valence-electron chi connectivity index (χ3n) is 3.42. The van der Waals surface area contributed by atoms with Crippen molar-refractivity contribution < 1.29 is 13.3 Å². The second-order valence-corrected chi connectivity index (χ2v) is 6.71. The minimum atomic E-state index is -3.80. The van der Waals surface area contributed by atoms with Crippen LogP contribution in [0, 0.1) is 16.0 Å². The van der Waals surface area contributed by atoms with Crippen molar-refractivity contribution in [1.29, 1.82) is 0 Å². The number of para-hydroxylation sites is 1. The molecule has 1 aliphatic heterocycles. The summed E-state index contributed by atoms with van der Waals surface area (Å²) in [6.07, 6.45) is 0.765. The minimum absolute atomic E-state index is 0. The Labute approximate surface area is 129 Å². The highest BCUT2D eigenvalue weighted by Crippen LogP contribution is 2.29. The highest BCUT2D eigenvalue weighted by molar-refractivity contribution is 7.89. The van der Waals surface area contributed by atoms with Gasteiger partial charge in [-0.3, -0.25) is 10.1 Å². The topological polar surface area (TPSA) is 92.6 Å². The maximum Gasteiger partial charge on any atom is 0.289 e. The van der Waals surface area contributed by atoms with Gasteiger partial charge in [-0.15, -0.1) is 12.4 Å². The van der Waals surface area contributed by atoms with Crippen LogP contribution in [0.15, 0.2) is 29.2 Å². The molecule has 1 heterocycles. The molecule has 1 fully saturated rings. The number of benzene rings is 1. The van der Waals surface area contributed by atoms with Crippen LogP contribution in [-0.4, -0.2) is 44.3 Å². The van der Waals surface area contributed by atoms with Crippen LogP contribution in [0.25, 0.3) is 0 Å². The van der Waals surface area contributed by atoms with Crippen molar-refractivity contribution in [2.75, 3.05) is 26.7 Å². The van der Waals surface area contributed by atoms with Gasteiger partial charge in [0.1, 0.15) is 0 Å². The fourth-order valence-corrected chi connectivity index (χ4v) is 4.12. The number of hydrogen-bond donors (Lipinski definition) is 1. The Kier molecular flexibility index (Phi) is 6.09. The Morgan fingerprint density at radius 1 is 1.43 bits per heavy atom. The normalized spacial score (nSPS) is 19.2. The molecule has 1 saturated heterocycles. The second kappa shape index (κ2) is 7.17. The van der Waals surface area contributed by atoms with Gasteiger partial charge in [0.05, 0.1) is 4.92 Å². The van der Waals surface area contributed by atoms with Gasteiger partial charge >= 0.3 is 0 Å². The average Bonchev–Trinajstić information content (AvgIpc) is 2.88. The lowest BCUT2D eigenvalue weighted by atomic mass is 10.1. The quantitative estimate of drug-likeness (QED) is 0.645. The minimum Gasteiger partial charge on any atom is -0.319 e. The van der Waals surface area contributed by atoms with E-state index >= 15 is 0 Å². The second-order valence-electron chi connectivity index (χ2n) is 4.80. The van der Waals surface area contributed by atoms with E-state index in [1.165, 1.54) is 28.6 Å². The summed E-state index contributed by atoms with van der Waals surface area (Å²) in [4.78, 5) is 10.1. The van der Waals surface area contributed by atoms with E-state index < -0.39 is 14.9 Å². The van der Waals surface area contributed by atoms with Gasteiger partial charge in [0, 0.05) is 19.2 Å². The number of nitro benzene ring substituents is 1. The van der Waals surface area contributed by atoms with Crippen LogP contribution in [-0.2, 0) is 10.0 Å². The van der Waals surface area contributed by atoms with Crippen LogP contribution in [0.2, 0.25) is 0 Å². The standard InChI is InChI=1S/C12H17N3O4S.ClH/c1-13-8-10-6-7-14(9-10)20(18,19)12-5-3-2-4-11(12)15(16)17;/h2-5,10,13H,6-9H2,1H3;1H. The summed E-state index contributed by atoms with van der Waals surface area (Å²) in [5, 5.41) is 14.0. The summed E-state index contributed by atoms with van der Waals surface area (Å²) in [5.74, 6) is 0.248. The van der Waals surface area contributed by atoms with E-state index in [1.54, 1.807) is 0 Å². The van der Waals surface area contributed by atoms with Crippen LogP contribution in [0.5, 0.6) is 0 Å². The van der Waals surface area contributed by atoms with Crippen molar-refractivity contribution in [1.82, 2.24) is 9.62 Å². The first kappa shape index (κ1) is 17.8. The summed E-state index contributed by atoms with van der Waals surface area (Å²) >= 11 is 0. The van der Waals surface area contributed by atoms with Gasteiger partial charge in [-0.25, -0.2) is 8.42 Å². The number of nitrogens with zero attached hydrogens (tertiary/aromatic N) is 2. The first-order valence-corrected chi connectivity index (χ1v) is 7.79. The molecule has 1 unspecified atom stereocenters. The van der Waals surface area contributed by atoms with Gasteiger partial charge < -0.3 is 5.32 Å². The van der Waals surface area contributed by atoms with Gasteiger partial charge in [-0.05, 0) is 32.0 Å². The van der Waals surface area contributed by atoms with Gasteiger partial charge in [-0.2, -0.15) is 4.31 Å². The summed E-state index contributed by atoms with van der Waals surface area (Å²) in [6, 6.07) is 5.47. The smallest absolute Gasteiger partial charge is 0.289 e. The van der Waals surface area contributed by atoms with Crippen molar-refractivity contribution in [2.24, 2.45) is 5.92 Å². The van der Waals surface area contributed by atoms with Crippen LogP contribution < -0.4 is 5.32 Å². The molecule has 9 heteroatoms. The highest BCUT2D eigenvalue weighted by atomic mass is 35.5. The predicted octanol–water partition coefficient (Wildman–Crippen LogP) is 1.25. The molecule has 0 amide bonds. The molecule has 1 aliphatic rings. The first-order valence-electron chi connectivity index (χ1n) is 6.35. The Bertz CT molecular complexity index is 608. The molecule has 0 aliphatic carbocycles. The Balaban J connectivity index is 0.00000220. The van der Waals surface area contributed by atoms with Gasteiger partial charge in [0.25, 0.3) is 5.69 Å². The summed E-state index contributed by atoms with van der Waals surface area (Å²) < 4.78 is 26.4. The van der Waals surface area contributed by atoms with E-state index in [1.807, 2.05) is 7.05 Å². The van der Waals surface area contributed by atoms with E-state index in [-0.39, 0.29) is 28.9 Å². The Hall–Kier alpha value is -1.22. The zero-order chi connectivity index (χ0) is 14.8. The molecule has 0 saturated carbocycles. The summed E-state index contributed by atoms with van der Waals surface area (Å²) in [6.45, 7) is 1.54. The molecular formula is C12H18ClN3O4S. The van der Waals surface area contributed by atoms with Gasteiger partial charge in [0.15, 0.2) is 4.90 Å². The van der Waals surface area contributed by atoms with Crippen LogP contribution >= 0.6 is 12.4 Å². The number of sulfonamides is 1. The SMILES string of the molecule is CNCC1CCN(S(=O)(=O)c2ccccc2[N+](=O)[O-])C1.Cl. The molecule has 0 spiro atoms. The molecule has 1 N–H and O–H groups in total. The van der Waals surface area contributed by atoms with Gasteiger partial charge in [-0.1, -0.05) is 12.1 Å². The third-order valence-corrected chi connectivity index (χ3v) is 5.33. The molecule has 1 aromatic carbocycles. The van der Waals surface area contributed by atoms with Crippen LogP contribution in [0.3, 0.4) is 0 Å². The number of halogens is 1. The summed E-state index contributed by atoms with van der Waals surface area (Å²) in [5.41, 5.74) is -0.371. The largest absolute Gasteiger partial charge is 0.319 e. The fraction of sp³-hybridized carbons (Fsp3) is 0.500. The van der Waals surface area contributed by atoms with Crippen molar-refractivity contribution in [3.8, 4) is 0 Å². The molecule has 0 bridgehead atoms. The van der Waals surface area contributed by atoms with Crippen molar-refractivity contribution in [3.05, 3.63) is 34.4 Å². The molecule has 1 atom stereocenters. The molecule has 21 heavy (non-hydrogen) atoms. The first-order chi connectivity index (χ1) is 9.46. The van der Waals surface area contributed by atoms with E-state index in [0.29, 0.717) is 13.1 Å².